The molecule has 2 fully saturated rings. The molecule has 0 aliphatic carbocycles. The van der Waals surface area contributed by atoms with Crippen LogP contribution in [-0.4, -0.2) is 94.5 Å². The van der Waals surface area contributed by atoms with Crippen molar-refractivity contribution in [1.29, 1.82) is 0 Å². The maximum absolute atomic E-state index is 13.1. The molecule has 4 atom stereocenters. The first-order valence-corrected chi connectivity index (χ1v) is 11.0. The van der Waals surface area contributed by atoms with E-state index in [1.807, 2.05) is 9.80 Å². The summed E-state index contributed by atoms with van der Waals surface area (Å²) < 4.78 is 46.6. The van der Waals surface area contributed by atoms with Crippen LogP contribution in [0.25, 0.3) is 0 Å². The number of piperazine rings is 1. The van der Waals surface area contributed by atoms with Gasteiger partial charge in [-0.15, -0.1) is 0 Å². The zero-order chi connectivity index (χ0) is 24.5. The van der Waals surface area contributed by atoms with E-state index in [1.165, 1.54) is 16.9 Å². The summed E-state index contributed by atoms with van der Waals surface area (Å²) in [5.41, 5.74) is 0.194. The molecule has 34 heavy (non-hydrogen) atoms. The number of alkyl halides is 3. The predicted molar refractivity (Wildman–Crippen MR) is 116 cm³/mol. The lowest BCUT2D eigenvalue weighted by molar-refractivity contribution is -0.137. The Morgan fingerprint density at radius 3 is 2.59 bits per heavy atom. The Balaban J connectivity index is 1.40. The number of aromatic nitrogens is 2. The number of nitrogens with one attached hydrogen (secondary N) is 1. The van der Waals surface area contributed by atoms with Crippen molar-refractivity contribution in [3.8, 4) is 0 Å². The molecule has 2 aliphatic rings. The molecule has 0 radical (unpaired) electrons. The Kier molecular flexibility index (Phi) is 7.12. The molecule has 2 aliphatic heterocycles. The lowest BCUT2D eigenvalue weighted by Gasteiger charge is -2.41. The average molecular weight is 483 g/mol. The number of ether oxygens (including phenoxy) is 1. The highest BCUT2D eigenvalue weighted by Gasteiger charge is 2.46. The van der Waals surface area contributed by atoms with Crippen molar-refractivity contribution in [3.05, 3.63) is 47.8 Å². The first kappa shape index (κ1) is 24.5. The predicted octanol–water partition coefficient (Wildman–Crippen LogP) is 0.480. The van der Waals surface area contributed by atoms with Crippen molar-refractivity contribution in [3.63, 3.8) is 0 Å². The Hall–Kier alpha value is -2.67. The van der Waals surface area contributed by atoms with E-state index in [1.54, 1.807) is 19.3 Å². The number of carbonyl (C=O) groups is 1. The van der Waals surface area contributed by atoms with Crippen LogP contribution in [0.2, 0.25) is 0 Å². The minimum Gasteiger partial charge on any atom is -0.394 e. The van der Waals surface area contributed by atoms with Gasteiger partial charge in [-0.2, -0.15) is 18.3 Å². The second-order valence-corrected chi connectivity index (χ2v) is 8.56. The van der Waals surface area contributed by atoms with Gasteiger partial charge in [0.15, 0.2) is 0 Å². The summed E-state index contributed by atoms with van der Waals surface area (Å²) in [6, 6.07) is 4.76. The molecule has 0 unspecified atom stereocenters. The molecule has 4 rings (SSSR count). The fourth-order valence-electron chi connectivity index (χ4n) is 4.59. The molecule has 12 heteroatoms. The number of nitrogens with zero attached hydrogens (tertiary/aromatic N) is 4. The smallest absolute Gasteiger partial charge is 0.394 e. The van der Waals surface area contributed by atoms with Gasteiger partial charge in [0.1, 0.15) is 12.2 Å². The number of benzene rings is 1. The number of hydrogen-bond donors (Lipinski definition) is 3. The topological polar surface area (TPSA) is 103 Å². The van der Waals surface area contributed by atoms with E-state index in [0.717, 1.165) is 12.1 Å². The minimum atomic E-state index is -4.41. The van der Waals surface area contributed by atoms with Crippen molar-refractivity contribution in [2.24, 2.45) is 7.05 Å². The van der Waals surface area contributed by atoms with Crippen LogP contribution in [0.15, 0.2) is 36.7 Å². The van der Waals surface area contributed by atoms with Crippen molar-refractivity contribution in [1.82, 2.24) is 20.0 Å². The van der Waals surface area contributed by atoms with Gasteiger partial charge >= 0.3 is 6.18 Å². The highest BCUT2D eigenvalue weighted by atomic mass is 19.4. The molecule has 1 aromatic carbocycles. The van der Waals surface area contributed by atoms with Gasteiger partial charge in [0, 0.05) is 51.7 Å². The van der Waals surface area contributed by atoms with E-state index in [-0.39, 0.29) is 19.1 Å². The van der Waals surface area contributed by atoms with E-state index >= 15 is 0 Å². The summed E-state index contributed by atoms with van der Waals surface area (Å²) in [5.74, 6) is -0.327. The lowest BCUT2D eigenvalue weighted by Crippen LogP contribution is -2.57. The largest absolute Gasteiger partial charge is 0.416 e. The van der Waals surface area contributed by atoms with Gasteiger partial charge in [0.05, 0.1) is 36.1 Å². The molecule has 2 aromatic rings. The first-order valence-electron chi connectivity index (χ1n) is 11.0. The SMILES string of the molecule is Cn1cc(C(=O)NC[C@H]2O[C@@H](CO)[C@@H](O)[C@H]2N2CCN(c3cccc(C(F)(F)F)c3)CC2)cn1. The number of hydrogen-bond acceptors (Lipinski definition) is 7. The molecular formula is C22H28F3N5O4. The third-order valence-electron chi connectivity index (χ3n) is 6.35. The normalized spacial score (nSPS) is 26.1. The summed E-state index contributed by atoms with van der Waals surface area (Å²) in [5, 5.41) is 27.1. The van der Waals surface area contributed by atoms with Gasteiger partial charge in [-0.3, -0.25) is 14.4 Å². The van der Waals surface area contributed by atoms with Crippen molar-refractivity contribution in [2.75, 3.05) is 44.2 Å². The fraction of sp³-hybridized carbons (Fsp3) is 0.545. The lowest BCUT2D eigenvalue weighted by atomic mass is 10.0. The standard InChI is InChI=1S/C22H28F3N5O4/c1-28-12-14(10-27-28)21(33)26-11-17-19(20(32)18(13-31)34-17)30-7-5-29(6-8-30)16-4-2-3-15(9-16)22(23,24)25/h2-4,9-10,12,17-20,31-32H,5-8,11,13H2,1H3,(H,26,33)/t17-,18+,19+,20-/m1/s1. The fourth-order valence-corrected chi connectivity index (χ4v) is 4.59. The summed E-state index contributed by atoms with van der Waals surface area (Å²) in [6.45, 7) is 1.64. The van der Waals surface area contributed by atoms with Crippen LogP contribution in [0.3, 0.4) is 0 Å². The van der Waals surface area contributed by atoms with Crippen LogP contribution in [-0.2, 0) is 18.0 Å². The Morgan fingerprint density at radius 2 is 1.97 bits per heavy atom. The van der Waals surface area contributed by atoms with Gasteiger partial charge in [0.2, 0.25) is 0 Å². The Bertz CT molecular complexity index is 993. The zero-order valence-corrected chi connectivity index (χ0v) is 18.6. The number of anilines is 1. The van der Waals surface area contributed by atoms with E-state index < -0.39 is 36.1 Å². The Morgan fingerprint density at radius 1 is 1.24 bits per heavy atom. The number of amides is 1. The molecule has 186 valence electrons. The highest BCUT2D eigenvalue weighted by Crippen LogP contribution is 2.32. The number of carbonyl (C=O) groups excluding carboxylic acids is 1. The maximum atomic E-state index is 13.1. The second kappa shape index (κ2) is 9.90. The van der Waals surface area contributed by atoms with Crippen molar-refractivity contribution in [2.45, 2.75) is 30.5 Å². The minimum absolute atomic E-state index is 0.125. The van der Waals surface area contributed by atoms with Gasteiger partial charge in [-0.05, 0) is 18.2 Å². The average Bonchev–Trinajstić information content (AvgIpc) is 3.40. The number of aliphatic hydroxyl groups excluding tert-OH is 2. The van der Waals surface area contributed by atoms with Gasteiger partial charge in [-0.1, -0.05) is 6.07 Å². The van der Waals surface area contributed by atoms with Gasteiger partial charge in [0.25, 0.3) is 5.91 Å². The monoisotopic (exact) mass is 483 g/mol. The molecule has 1 aromatic heterocycles. The molecule has 0 bridgehead atoms. The van der Waals surface area contributed by atoms with Crippen molar-refractivity contribution >= 4 is 11.6 Å². The maximum Gasteiger partial charge on any atom is 0.416 e. The van der Waals surface area contributed by atoms with Gasteiger partial charge in [-0.25, -0.2) is 0 Å². The number of aliphatic hydroxyl groups is 2. The number of rotatable bonds is 6. The molecule has 3 heterocycles. The van der Waals surface area contributed by atoms with E-state index in [9.17, 15) is 28.2 Å². The molecule has 9 nitrogen and oxygen atoms in total. The zero-order valence-electron chi connectivity index (χ0n) is 18.6. The van der Waals surface area contributed by atoms with Crippen LogP contribution in [0.4, 0.5) is 18.9 Å². The molecule has 0 saturated carbocycles. The molecule has 2 saturated heterocycles. The summed E-state index contributed by atoms with van der Waals surface area (Å²) >= 11 is 0. The number of halogens is 3. The van der Waals surface area contributed by atoms with E-state index in [0.29, 0.717) is 37.4 Å². The van der Waals surface area contributed by atoms with E-state index in [4.69, 9.17) is 4.74 Å². The Labute approximate surface area is 194 Å². The summed E-state index contributed by atoms with van der Waals surface area (Å²) in [7, 11) is 1.70. The van der Waals surface area contributed by atoms with Crippen LogP contribution in [0, 0.1) is 0 Å². The van der Waals surface area contributed by atoms with E-state index in [2.05, 4.69) is 10.4 Å². The second-order valence-electron chi connectivity index (χ2n) is 8.56. The third kappa shape index (κ3) is 5.19. The van der Waals surface area contributed by atoms with Crippen molar-refractivity contribution < 1.29 is 32.9 Å². The number of aryl methyl sites for hydroxylation is 1. The molecular weight excluding hydrogens is 455 g/mol. The summed E-state index contributed by atoms with van der Waals surface area (Å²) in [4.78, 5) is 16.3. The highest BCUT2D eigenvalue weighted by molar-refractivity contribution is 5.93. The van der Waals surface area contributed by atoms with Crippen LogP contribution < -0.4 is 10.2 Å². The molecule has 3 N–H and O–H groups in total. The van der Waals surface area contributed by atoms with Crippen LogP contribution in [0.1, 0.15) is 15.9 Å². The third-order valence-corrected chi connectivity index (χ3v) is 6.35. The van der Waals surface area contributed by atoms with Crippen LogP contribution in [0.5, 0.6) is 0 Å². The molecule has 0 spiro atoms. The summed E-state index contributed by atoms with van der Waals surface area (Å²) in [6.07, 6.45) is -3.69. The van der Waals surface area contributed by atoms with Crippen LogP contribution >= 0.6 is 0 Å². The van der Waals surface area contributed by atoms with Gasteiger partial charge < -0.3 is 25.2 Å². The molecule has 1 amide bonds. The quantitative estimate of drug-likeness (QED) is 0.549. The first-order chi connectivity index (χ1) is 16.2.